The van der Waals surface area contributed by atoms with Crippen molar-refractivity contribution in [3.63, 3.8) is 0 Å². The lowest BCUT2D eigenvalue weighted by molar-refractivity contribution is -0.132. The van der Waals surface area contributed by atoms with Gasteiger partial charge in [0.25, 0.3) is 0 Å². The molecule has 3 amide bonds. The number of amides is 3. The standard InChI is InChI=1S/C20H25N3O3/c1-15-7-5-6-10-17(15)18(22-20(21)26)13-19(25)23(11-12-24)14-16-8-3-2-4-9-16/h2-10,18,24H,11-14H2,1H3,(H3,21,22,26). The SMILES string of the molecule is Cc1ccccc1C(CC(=O)N(CCO)Cc1ccccc1)NC(N)=O. The van der Waals surface area contributed by atoms with Gasteiger partial charge in [-0.25, -0.2) is 4.79 Å². The highest BCUT2D eigenvalue weighted by Crippen LogP contribution is 2.22. The zero-order valence-electron chi connectivity index (χ0n) is 14.9. The van der Waals surface area contributed by atoms with E-state index >= 15 is 0 Å². The van der Waals surface area contributed by atoms with Crippen LogP contribution in [0.5, 0.6) is 0 Å². The number of nitrogens with zero attached hydrogens (tertiary/aromatic N) is 1. The number of rotatable bonds is 8. The molecule has 6 heteroatoms. The summed E-state index contributed by atoms with van der Waals surface area (Å²) in [5, 5.41) is 12.0. The molecular formula is C20H25N3O3. The molecule has 0 radical (unpaired) electrons. The van der Waals surface area contributed by atoms with Crippen LogP contribution in [0, 0.1) is 6.92 Å². The van der Waals surface area contributed by atoms with Gasteiger partial charge in [0.15, 0.2) is 0 Å². The van der Waals surface area contributed by atoms with Crippen LogP contribution in [-0.2, 0) is 11.3 Å². The molecule has 0 spiro atoms. The van der Waals surface area contributed by atoms with Crippen LogP contribution in [0.2, 0.25) is 0 Å². The second-order valence-electron chi connectivity index (χ2n) is 6.15. The zero-order chi connectivity index (χ0) is 18.9. The second-order valence-corrected chi connectivity index (χ2v) is 6.15. The van der Waals surface area contributed by atoms with Gasteiger partial charge in [-0.1, -0.05) is 54.6 Å². The zero-order valence-corrected chi connectivity index (χ0v) is 14.9. The average Bonchev–Trinajstić information content (AvgIpc) is 2.61. The number of aryl methyl sites for hydroxylation is 1. The van der Waals surface area contributed by atoms with E-state index in [-0.39, 0.29) is 25.5 Å². The van der Waals surface area contributed by atoms with Gasteiger partial charge in [-0.05, 0) is 23.6 Å². The first-order valence-corrected chi connectivity index (χ1v) is 8.55. The Labute approximate surface area is 153 Å². The van der Waals surface area contributed by atoms with Gasteiger partial charge in [-0.15, -0.1) is 0 Å². The van der Waals surface area contributed by atoms with Crippen LogP contribution < -0.4 is 11.1 Å². The molecule has 0 aliphatic rings. The van der Waals surface area contributed by atoms with Crippen LogP contribution >= 0.6 is 0 Å². The highest BCUT2D eigenvalue weighted by atomic mass is 16.3. The van der Waals surface area contributed by atoms with Crippen LogP contribution in [0.1, 0.15) is 29.2 Å². The maximum atomic E-state index is 12.8. The molecule has 26 heavy (non-hydrogen) atoms. The van der Waals surface area contributed by atoms with E-state index in [1.165, 1.54) is 0 Å². The van der Waals surface area contributed by atoms with Gasteiger partial charge in [-0.2, -0.15) is 0 Å². The monoisotopic (exact) mass is 355 g/mol. The van der Waals surface area contributed by atoms with Crippen molar-refractivity contribution in [3.05, 3.63) is 71.3 Å². The summed E-state index contributed by atoms with van der Waals surface area (Å²) >= 11 is 0. The lowest BCUT2D eigenvalue weighted by Gasteiger charge is -2.26. The van der Waals surface area contributed by atoms with Gasteiger partial charge >= 0.3 is 6.03 Å². The number of carbonyl (C=O) groups excluding carboxylic acids is 2. The van der Waals surface area contributed by atoms with Crippen molar-refractivity contribution in [2.45, 2.75) is 25.9 Å². The molecule has 0 aliphatic carbocycles. The normalized spacial score (nSPS) is 11.6. The number of primary amides is 1. The Hall–Kier alpha value is -2.86. The highest BCUT2D eigenvalue weighted by Gasteiger charge is 2.22. The Morgan fingerprint density at radius 3 is 2.38 bits per heavy atom. The number of aliphatic hydroxyl groups is 1. The number of nitrogens with one attached hydrogen (secondary N) is 1. The fourth-order valence-corrected chi connectivity index (χ4v) is 2.91. The molecule has 0 saturated carbocycles. The van der Waals surface area contributed by atoms with Crippen LogP contribution in [0.15, 0.2) is 54.6 Å². The van der Waals surface area contributed by atoms with Gasteiger partial charge in [0.1, 0.15) is 0 Å². The van der Waals surface area contributed by atoms with Gasteiger partial charge < -0.3 is 21.1 Å². The lowest BCUT2D eigenvalue weighted by Crippen LogP contribution is -2.39. The summed E-state index contributed by atoms with van der Waals surface area (Å²) in [5.41, 5.74) is 8.10. The van der Waals surface area contributed by atoms with Gasteiger partial charge in [-0.3, -0.25) is 4.79 Å². The molecule has 2 aromatic carbocycles. The van der Waals surface area contributed by atoms with Crippen molar-refractivity contribution in [2.24, 2.45) is 5.73 Å². The third-order valence-electron chi connectivity index (χ3n) is 4.20. The number of carbonyl (C=O) groups is 2. The molecule has 2 rings (SSSR count). The number of hydrogen-bond acceptors (Lipinski definition) is 3. The summed E-state index contributed by atoms with van der Waals surface area (Å²) in [5.74, 6) is -0.162. The maximum Gasteiger partial charge on any atom is 0.312 e. The van der Waals surface area contributed by atoms with Gasteiger partial charge in [0.05, 0.1) is 19.1 Å². The molecule has 2 aromatic rings. The van der Waals surface area contributed by atoms with Gasteiger partial charge in [0.2, 0.25) is 5.91 Å². The summed E-state index contributed by atoms with van der Waals surface area (Å²) in [6.07, 6.45) is 0.0701. The van der Waals surface area contributed by atoms with E-state index in [1.807, 2.05) is 61.5 Å². The molecule has 0 aromatic heterocycles. The van der Waals surface area contributed by atoms with Crippen molar-refractivity contribution >= 4 is 11.9 Å². The number of aliphatic hydroxyl groups excluding tert-OH is 1. The number of benzene rings is 2. The van der Waals surface area contributed by atoms with Crippen molar-refractivity contribution in [1.82, 2.24) is 10.2 Å². The van der Waals surface area contributed by atoms with Crippen molar-refractivity contribution in [1.29, 1.82) is 0 Å². The Balaban J connectivity index is 2.17. The minimum atomic E-state index is -0.678. The maximum absolute atomic E-state index is 12.8. The molecule has 0 aliphatic heterocycles. The third kappa shape index (κ3) is 5.60. The van der Waals surface area contributed by atoms with Crippen molar-refractivity contribution in [2.75, 3.05) is 13.2 Å². The molecular weight excluding hydrogens is 330 g/mol. The third-order valence-corrected chi connectivity index (χ3v) is 4.20. The topological polar surface area (TPSA) is 95.7 Å². The molecule has 0 saturated heterocycles. The quantitative estimate of drug-likeness (QED) is 0.677. The van der Waals surface area contributed by atoms with Crippen LogP contribution in [0.25, 0.3) is 0 Å². The lowest BCUT2D eigenvalue weighted by atomic mass is 9.98. The molecule has 0 heterocycles. The fraction of sp³-hybridized carbons (Fsp3) is 0.300. The molecule has 1 unspecified atom stereocenters. The van der Waals surface area contributed by atoms with Gasteiger partial charge in [0, 0.05) is 13.1 Å². The van der Waals surface area contributed by atoms with E-state index in [0.29, 0.717) is 6.54 Å². The molecule has 4 N–H and O–H groups in total. The Morgan fingerprint density at radius 2 is 1.77 bits per heavy atom. The number of nitrogens with two attached hydrogens (primary N) is 1. The molecule has 1 atom stereocenters. The van der Waals surface area contributed by atoms with Crippen molar-refractivity contribution < 1.29 is 14.7 Å². The smallest absolute Gasteiger partial charge is 0.312 e. The summed E-state index contributed by atoms with van der Waals surface area (Å²) in [6, 6.07) is 15.9. The van der Waals surface area contributed by atoms with E-state index in [0.717, 1.165) is 16.7 Å². The van der Waals surface area contributed by atoms with E-state index in [2.05, 4.69) is 5.32 Å². The van der Waals surface area contributed by atoms with E-state index < -0.39 is 12.1 Å². The minimum absolute atomic E-state index is 0.0701. The summed E-state index contributed by atoms with van der Waals surface area (Å²) in [7, 11) is 0. The number of hydrogen-bond donors (Lipinski definition) is 3. The Kier molecular flexibility index (Phi) is 7.17. The Bertz CT molecular complexity index is 734. The second kappa shape index (κ2) is 9.58. The van der Waals surface area contributed by atoms with E-state index in [9.17, 15) is 14.7 Å². The summed E-state index contributed by atoms with van der Waals surface area (Å²) in [4.78, 5) is 25.8. The Morgan fingerprint density at radius 1 is 1.12 bits per heavy atom. The summed E-state index contributed by atoms with van der Waals surface area (Å²) in [6.45, 7) is 2.42. The molecule has 138 valence electrons. The molecule has 0 bridgehead atoms. The van der Waals surface area contributed by atoms with Crippen LogP contribution in [-0.4, -0.2) is 35.1 Å². The minimum Gasteiger partial charge on any atom is -0.395 e. The first-order chi connectivity index (χ1) is 12.5. The van der Waals surface area contributed by atoms with E-state index in [4.69, 9.17) is 5.73 Å². The predicted molar refractivity (Wildman–Crippen MR) is 100 cm³/mol. The molecule has 6 nitrogen and oxygen atoms in total. The van der Waals surface area contributed by atoms with E-state index in [1.54, 1.807) is 4.90 Å². The predicted octanol–water partition coefficient (Wildman–Crippen LogP) is 2.12. The average molecular weight is 355 g/mol. The highest BCUT2D eigenvalue weighted by molar-refractivity contribution is 5.79. The summed E-state index contributed by atoms with van der Waals surface area (Å²) < 4.78 is 0. The number of urea groups is 1. The first kappa shape index (κ1) is 19.5. The van der Waals surface area contributed by atoms with Crippen molar-refractivity contribution in [3.8, 4) is 0 Å². The van der Waals surface area contributed by atoms with Crippen LogP contribution in [0.4, 0.5) is 4.79 Å². The van der Waals surface area contributed by atoms with Crippen LogP contribution in [0.3, 0.4) is 0 Å². The molecule has 0 fully saturated rings. The largest absolute Gasteiger partial charge is 0.395 e. The first-order valence-electron chi connectivity index (χ1n) is 8.55. The fourth-order valence-electron chi connectivity index (χ4n) is 2.91.